The molecule has 1 aromatic carbocycles. The van der Waals surface area contributed by atoms with Crippen molar-refractivity contribution in [2.75, 3.05) is 31.1 Å². The Kier molecular flexibility index (Phi) is 12.0. The topological polar surface area (TPSA) is 49.6 Å². The van der Waals surface area contributed by atoms with Crippen LogP contribution in [-0.2, 0) is 12.6 Å². The van der Waals surface area contributed by atoms with Gasteiger partial charge in [-0.1, -0.05) is 4.32 Å². The third-order valence-electron chi connectivity index (χ3n) is 9.19. The third-order valence-corrected chi connectivity index (χ3v) is 22.7. The maximum Gasteiger partial charge on any atom is 0.269 e. The van der Waals surface area contributed by atoms with E-state index in [1.165, 1.54) is 23.9 Å². The van der Waals surface area contributed by atoms with Gasteiger partial charge in [0.2, 0.25) is 0 Å². The van der Waals surface area contributed by atoms with E-state index in [1.54, 1.807) is 108 Å². The van der Waals surface area contributed by atoms with Crippen LogP contribution in [0.4, 0.5) is 11.4 Å². The third kappa shape index (κ3) is 8.66. The Morgan fingerprint density at radius 1 is 0.757 bits per heavy atom. The fourth-order valence-corrected chi connectivity index (χ4v) is 22.5. The predicted octanol–water partition coefficient (Wildman–Crippen LogP) is 8.03. The summed E-state index contributed by atoms with van der Waals surface area (Å²) in [6, 6.07) is 6.61. The van der Waals surface area contributed by atoms with Crippen LogP contribution in [0.15, 0.2) is 24.3 Å². The fraction of sp³-hybridized carbons (Fsp3) is 0.759. The van der Waals surface area contributed by atoms with Crippen molar-refractivity contribution in [2.45, 2.75) is 108 Å². The number of rotatable bonds is 5. The van der Waals surface area contributed by atoms with Gasteiger partial charge in [0.25, 0.3) is 5.69 Å². The van der Waals surface area contributed by atoms with E-state index in [0.717, 1.165) is 31.9 Å². The molecule has 1 saturated heterocycles. The molecule has 0 aromatic heterocycles. The molecule has 5 nitrogen and oxygen atoms in total. The molecule has 0 atom stereocenters. The van der Waals surface area contributed by atoms with Crippen LogP contribution < -0.4 is 4.90 Å². The summed E-state index contributed by atoms with van der Waals surface area (Å²) >= 11 is 8.78. The molecule has 1 heterocycles. The van der Waals surface area contributed by atoms with Crippen LogP contribution >= 0.6 is 12.2 Å². The molecule has 4 aliphatic rings. The SMILES string of the molecule is C1CC[CH]([Sn+]([CH]2CCCCC2)[CH]2CCCCC2)CC1.O=[N+]([O-])c1ccc(N2CCN(C(=S)[S-])CC2)cc1. The van der Waals surface area contributed by atoms with Crippen LogP contribution in [0.1, 0.15) is 96.3 Å². The molecule has 0 bridgehead atoms. The number of nitro groups is 1. The van der Waals surface area contributed by atoms with Crippen molar-refractivity contribution in [3.05, 3.63) is 34.4 Å². The number of anilines is 1. The number of nitro benzene ring substituents is 1. The first-order chi connectivity index (χ1) is 18.0. The second-order valence-electron chi connectivity index (χ2n) is 11.5. The maximum absolute atomic E-state index is 10.6. The summed E-state index contributed by atoms with van der Waals surface area (Å²) in [5, 5.41) is 10.6. The maximum atomic E-state index is 10.6. The molecule has 8 heteroatoms. The molecule has 3 aliphatic carbocycles. The Hall–Kier alpha value is -0.671. The molecule has 4 fully saturated rings. The van der Waals surface area contributed by atoms with E-state index in [0.29, 0.717) is 4.32 Å². The van der Waals surface area contributed by atoms with E-state index in [4.69, 9.17) is 24.8 Å². The smallest absolute Gasteiger partial charge is 0.269 e. The largest absolute Gasteiger partial charge is 0.411 e. The molecule has 0 N–H and O–H groups in total. The summed E-state index contributed by atoms with van der Waals surface area (Å²) in [4.78, 5) is 14.3. The number of hydrogen-bond acceptors (Lipinski definition) is 5. The van der Waals surface area contributed by atoms with Gasteiger partial charge in [-0.15, -0.1) is 0 Å². The standard InChI is InChI=1S/C11H13N3O2S2.3C6H11.Sn/c15-14(16)10-3-1-9(2-4-10)12-5-7-13(8-6-12)11(17)18;3*1-2-4-6-5-3-1;/h1-4H,5-8H2,(H,17,18);3*1H,2-6H2;/q;;;;+1/p-1. The van der Waals surface area contributed by atoms with Gasteiger partial charge in [-0.3, -0.25) is 10.1 Å². The monoisotopic (exact) mass is 651 g/mol. The van der Waals surface area contributed by atoms with Crippen LogP contribution in [-0.4, -0.2) is 60.1 Å². The predicted molar refractivity (Wildman–Crippen MR) is 163 cm³/mol. The second-order valence-corrected chi connectivity index (χ2v) is 22.4. The molecular formula is C29H45N3O2S2Sn. The Balaban J connectivity index is 0.000000173. The van der Waals surface area contributed by atoms with Crippen molar-refractivity contribution >= 4 is 60.3 Å². The number of non-ortho nitro benzene ring substituents is 1. The minimum Gasteiger partial charge on any atom is -0.411 e. The summed E-state index contributed by atoms with van der Waals surface area (Å²) < 4.78 is 4.48. The molecular weight excluding hydrogens is 605 g/mol. The Morgan fingerprint density at radius 2 is 1.16 bits per heavy atom. The zero-order chi connectivity index (χ0) is 26.0. The van der Waals surface area contributed by atoms with Gasteiger partial charge in [-0.25, -0.2) is 0 Å². The van der Waals surface area contributed by atoms with Crippen LogP contribution in [0.5, 0.6) is 0 Å². The van der Waals surface area contributed by atoms with E-state index in [9.17, 15) is 10.1 Å². The first-order valence-electron chi connectivity index (χ1n) is 14.8. The molecule has 1 aliphatic heterocycles. The van der Waals surface area contributed by atoms with Crippen molar-refractivity contribution in [1.82, 2.24) is 4.90 Å². The number of thiocarbonyl (C=S) groups is 1. The fourth-order valence-electron chi connectivity index (χ4n) is 7.24. The molecule has 1 aromatic rings. The number of benzene rings is 1. The van der Waals surface area contributed by atoms with Gasteiger partial charge in [0.15, 0.2) is 0 Å². The minimum atomic E-state index is -1.15. The molecule has 0 spiro atoms. The number of nitrogens with zero attached hydrogens (tertiary/aromatic N) is 3. The zero-order valence-corrected chi connectivity index (χ0v) is 26.9. The van der Waals surface area contributed by atoms with Crippen molar-refractivity contribution in [3.8, 4) is 0 Å². The quantitative estimate of drug-likeness (QED) is 0.106. The van der Waals surface area contributed by atoms with Gasteiger partial charge in [0.05, 0.1) is 4.92 Å². The average Bonchev–Trinajstić information content (AvgIpc) is 2.95. The zero-order valence-electron chi connectivity index (χ0n) is 22.5. The van der Waals surface area contributed by atoms with E-state index < -0.39 is 24.7 Å². The molecule has 3 saturated carbocycles. The summed E-state index contributed by atoms with van der Waals surface area (Å²) in [6.07, 6.45) is 24.2. The molecule has 0 radical (unpaired) electrons. The normalized spacial score (nSPS) is 22.2. The molecule has 204 valence electrons. The Bertz CT molecular complexity index is 802. The molecule has 0 amide bonds. The average molecular weight is 651 g/mol. The van der Waals surface area contributed by atoms with Gasteiger partial charge < -0.3 is 34.6 Å². The minimum absolute atomic E-state index is 0.115. The Labute approximate surface area is 242 Å². The van der Waals surface area contributed by atoms with Gasteiger partial charge in [-0.05, 0) is 12.1 Å². The van der Waals surface area contributed by atoms with Gasteiger partial charge in [0.1, 0.15) is 0 Å². The summed E-state index contributed by atoms with van der Waals surface area (Å²) in [5.41, 5.74) is 1.11. The van der Waals surface area contributed by atoms with Crippen molar-refractivity contribution < 1.29 is 4.92 Å². The van der Waals surface area contributed by atoms with Crippen LogP contribution in [0.3, 0.4) is 0 Å². The number of piperazine rings is 1. The first kappa shape index (κ1) is 29.3. The van der Waals surface area contributed by atoms with Crippen LogP contribution in [0.25, 0.3) is 0 Å². The van der Waals surface area contributed by atoms with E-state index in [2.05, 4.69) is 4.90 Å². The van der Waals surface area contributed by atoms with E-state index >= 15 is 0 Å². The summed E-state index contributed by atoms with van der Waals surface area (Å²) in [7, 11) is 0. The van der Waals surface area contributed by atoms with Crippen LogP contribution in [0, 0.1) is 10.1 Å². The van der Waals surface area contributed by atoms with Gasteiger partial charge in [-0.2, -0.15) is 0 Å². The van der Waals surface area contributed by atoms with Gasteiger partial charge in [0, 0.05) is 44.0 Å². The molecule has 5 rings (SSSR count). The summed E-state index contributed by atoms with van der Waals surface area (Å²) in [5.74, 6) is 0. The molecule has 37 heavy (non-hydrogen) atoms. The van der Waals surface area contributed by atoms with E-state index in [1.807, 2.05) is 4.90 Å². The van der Waals surface area contributed by atoms with Gasteiger partial charge >= 0.3 is 128 Å². The molecule has 0 unspecified atom stereocenters. The van der Waals surface area contributed by atoms with E-state index in [-0.39, 0.29) is 5.69 Å². The van der Waals surface area contributed by atoms with Crippen LogP contribution in [0.2, 0.25) is 11.8 Å². The summed E-state index contributed by atoms with van der Waals surface area (Å²) in [6.45, 7) is 3.27. The number of hydrogen-bond donors (Lipinski definition) is 0. The second kappa shape index (κ2) is 15.2. The Morgan fingerprint density at radius 3 is 1.51 bits per heavy atom. The van der Waals surface area contributed by atoms with Crippen molar-refractivity contribution in [3.63, 3.8) is 0 Å². The first-order valence-corrected chi connectivity index (χ1v) is 20.6. The van der Waals surface area contributed by atoms with Crippen molar-refractivity contribution in [2.24, 2.45) is 0 Å². The van der Waals surface area contributed by atoms with Crippen molar-refractivity contribution in [1.29, 1.82) is 0 Å².